The Morgan fingerprint density at radius 3 is 2.26 bits per heavy atom. The van der Waals surface area contributed by atoms with Crippen LogP contribution in [0, 0.1) is 0 Å². The molecule has 0 fully saturated rings. The topological polar surface area (TPSA) is 185 Å². The molecule has 2 aromatic rings. The van der Waals surface area contributed by atoms with Crippen molar-refractivity contribution in [2.24, 2.45) is 0 Å². The molecule has 2 aromatic carbocycles. The number of carbonyl (C=O) groups is 2. The smallest absolute Gasteiger partial charge is 0.345 e. The molecule has 2 rings (SSSR count). The van der Waals surface area contributed by atoms with Crippen molar-refractivity contribution >= 4 is 18.0 Å². The predicted octanol–water partition coefficient (Wildman–Crippen LogP) is 0.788. The van der Waals surface area contributed by atoms with E-state index in [2.05, 4.69) is 0 Å². The first-order valence-electron chi connectivity index (χ1n) is 9.08. The molecule has 0 aromatic heterocycles. The van der Waals surface area contributed by atoms with Gasteiger partial charge in [0.2, 0.25) is 6.10 Å². The largest absolute Gasteiger partial charge is 0.504 e. The molecule has 31 heavy (non-hydrogen) atoms. The fourth-order valence-corrected chi connectivity index (χ4v) is 2.85. The van der Waals surface area contributed by atoms with E-state index in [9.17, 15) is 40.2 Å². The molecule has 0 saturated heterocycles. The van der Waals surface area contributed by atoms with Crippen LogP contribution in [0.3, 0.4) is 0 Å². The lowest BCUT2D eigenvalue weighted by atomic mass is 9.96. The van der Waals surface area contributed by atoms with Crippen LogP contribution in [-0.2, 0) is 33.8 Å². The third kappa shape index (κ3) is 5.87. The number of aromatic hydroxyl groups is 4. The highest BCUT2D eigenvalue weighted by Crippen LogP contribution is 2.36. The fraction of sp³-hybridized carbons (Fsp3) is 0.238. The van der Waals surface area contributed by atoms with Crippen LogP contribution in [0.1, 0.15) is 22.3 Å². The molecule has 10 nitrogen and oxygen atoms in total. The van der Waals surface area contributed by atoms with Crippen LogP contribution in [0.15, 0.2) is 30.3 Å². The number of hydrogen-bond acceptors (Lipinski definition) is 9. The van der Waals surface area contributed by atoms with Crippen molar-refractivity contribution in [1.29, 1.82) is 0 Å². The number of aliphatic carboxylic acids is 1. The number of benzene rings is 2. The molecule has 0 saturated carbocycles. The molecule has 166 valence electrons. The normalized spacial score (nSPS) is 12.1. The summed E-state index contributed by atoms with van der Waals surface area (Å²) in [5.74, 6) is -4.42. The maximum Gasteiger partial charge on any atom is 0.345 e. The highest BCUT2D eigenvalue weighted by molar-refractivity contribution is 5.89. The maximum absolute atomic E-state index is 12.1. The van der Waals surface area contributed by atoms with Gasteiger partial charge in [0, 0.05) is 30.2 Å². The van der Waals surface area contributed by atoms with E-state index in [0.29, 0.717) is 5.56 Å². The lowest BCUT2D eigenvalue weighted by Gasteiger charge is -2.18. The Morgan fingerprint density at radius 2 is 1.68 bits per heavy atom. The van der Waals surface area contributed by atoms with E-state index in [1.54, 1.807) is 0 Å². The minimum Gasteiger partial charge on any atom is -0.504 e. The van der Waals surface area contributed by atoms with Gasteiger partial charge in [-0.25, -0.2) is 9.59 Å². The van der Waals surface area contributed by atoms with Crippen molar-refractivity contribution < 1.29 is 50.1 Å². The summed E-state index contributed by atoms with van der Waals surface area (Å²) in [6.45, 7) is -1.06. The third-order valence-electron chi connectivity index (χ3n) is 4.44. The summed E-state index contributed by atoms with van der Waals surface area (Å²) in [6, 6.07) is 5.11. The number of phenols is 4. The molecule has 0 spiro atoms. The molecule has 0 amide bonds. The van der Waals surface area contributed by atoms with Crippen molar-refractivity contribution in [1.82, 2.24) is 0 Å². The molecule has 1 atom stereocenters. The van der Waals surface area contributed by atoms with Gasteiger partial charge in [-0.1, -0.05) is 12.1 Å². The SMILES string of the molecule is O=C(/C=C/c1ccc(O)c(O)c1)O[C@H](Cc1cc(CCO)c(O)c(O)c1CO)C(=O)O. The van der Waals surface area contributed by atoms with Crippen molar-refractivity contribution in [3.63, 3.8) is 0 Å². The third-order valence-corrected chi connectivity index (χ3v) is 4.44. The van der Waals surface area contributed by atoms with Crippen LogP contribution in [0.2, 0.25) is 0 Å². The molecule has 0 aliphatic carbocycles. The Kier molecular flexibility index (Phi) is 7.83. The van der Waals surface area contributed by atoms with Gasteiger partial charge in [0.25, 0.3) is 0 Å². The number of phenolic OH excluding ortho intramolecular Hbond substituents is 3. The van der Waals surface area contributed by atoms with Crippen LogP contribution in [0.25, 0.3) is 6.08 Å². The molecule has 0 heterocycles. The summed E-state index contributed by atoms with van der Waals surface area (Å²) in [6.07, 6.45) is 0.0435. The number of esters is 1. The molecule has 0 bridgehead atoms. The second kappa shape index (κ2) is 10.3. The number of carboxylic acid groups (broad SMARTS) is 1. The highest BCUT2D eigenvalue weighted by atomic mass is 16.6. The van der Waals surface area contributed by atoms with E-state index >= 15 is 0 Å². The zero-order chi connectivity index (χ0) is 23.1. The molecule has 10 heteroatoms. The molecule has 0 unspecified atom stereocenters. The quantitative estimate of drug-likeness (QED) is 0.169. The van der Waals surface area contributed by atoms with Gasteiger partial charge in [0.1, 0.15) is 0 Å². The van der Waals surface area contributed by atoms with Gasteiger partial charge in [-0.05, 0) is 35.8 Å². The molecular formula is C21H22O10. The van der Waals surface area contributed by atoms with Gasteiger partial charge in [-0.15, -0.1) is 0 Å². The molecule has 7 N–H and O–H groups in total. The van der Waals surface area contributed by atoms with Crippen molar-refractivity contribution in [3.05, 3.63) is 52.6 Å². The Hall–Kier alpha value is -3.76. The zero-order valence-electron chi connectivity index (χ0n) is 16.2. The van der Waals surface area contributed by atoms with Crippen molar-refractivity contribution in [2.45, 2.75) is 25.6 Å². The van der Waals surface area contributed by atoms with Gasteiger partial charge in [0.15, 0.2) is 23.0 Å². The van der Waals surface area contributed by atoms with Gasteiger partial charge in [-0.3, -0.25) is 0 Å². The first-order chi connectivity index (χ1) is 14.7. The summed E-state index contributed by atoms with van der Waals surface area (Å²) in [5, 5.41) is 66.8. The lowest BCUT2D eigenvalue weighted by molar-refractivity contribution is -0.160. The van der Waals surface area contributed by atoms with E-state index in [1.165, 1.54) is 30.3 Å². The molecule has 0 aliphatic rings. The zero-order valence-corrected chi connectivity index (χ0v) is 16.2. The summed E-state index contributed by atoms with van der Waals surface area (Å²) >= 11 is 0. The van der Waals surface area contributed by atoms with E-state index < -0.39 is 48.3 Å². The minimum absolute atomic E-state index is 0.0299. The van der Waals surface area contributed by atoms with E-state index in [0.717, 1.165) is 6.08 Å². The first kappa shape index (κ1) is 23.5. The fourth-order valence-electron chi connectivity index (χ4n) is 2.85. The summed E-state index contributed by atoms with van der Waals surface area (Å²) in [4.78, 5) is 23.6. The van der Waals surface area contributed by atoms with Crippen LogP contribution in [0.4, 0.5) is 0 Å². The highest BCUT2D eigenvalue weighted by Gasteiger charge is 2.26. The van der Waals surface area contributed by atoms with E-state index in [1.807, 2.05) is 0 Å². The number of aliphatic hydroxyl groups excluding tert-OH is 2. The number of rotatable bonds is 9. The first-order valence-corrected chi connectivity index (χ1v) is 9.08. The van der Waals surface area contributed by atoms with Crippen molar-refractivity contribution in [3.8, 4) is 23.0 Å². The average Bonchev–Trinajstić information content (AvgIpc) is 2.72. The van der Waals surface area contributed by atoms with E-state index in [-0.39, 0.29) is 35.5 Å². The van der Waals surface area contributed by atoms with Crippen LogP contribution in [-0.4, -0.2) is 60.4 Å². The standard InChI is InChI=1S/C21H22O10/c22-6-5-12-8-13(14(10-23)20(28)19(12)27)9-17(21(29)30)31-18(26)4-2-11-1-3-15(24)16(25)7-11/h1-4,7-8,17,22-25,27-28H,5-6,9-10H2,(H,29,30)/b4-2+/t17-/m1/s1. The van der Waals surface area contributed by atoms with Crippen molar-refractivity contribution in [2.75, 3.05) is 6.61 Å². The second-order valence-corrected chi connectivity index (χ2v) is 6.55. The van der Waals surface area contributed by atoms with Crippen LogP contribution < -0.4 is 0 Å². The van der Waals surface area contributed by atoms with Gasteiger partial charge < -0.3 is 40.5 Å². The van der Waals surface area contributed by atoms with Crippen LogP contribution in [0.5, 0.6) is 23.0 Å². The molecule has 0 radical (unpaired) electrons. The second-order valence-electron chi connectivity index (χ2n) is 6.55. The summed E-state index contributed by atoms with van der Waals surface area (Å²) < 4.78 is 4.95. The number of hydrogen-bond donors (Lipinski definition) is 7. The number of carbonyl (C=O) groups excluding carboxylic acids is 1. The number of ether oxygens (including phenoxy) is 1. The van der Waals surface area contributed by atoms with Gasteiger partial charge in [0.05, 0.1) is 6.61 Å². The molecule has 0 aliphatic heterocycles. The lowest BCUT2D eigenvalue weighted by Crippen LogP contribution is -2.29. The summed E-state index contributed by atoms with van der Waals surface area (Å²) in [7, 11) is 0. The Labute approximate surface area is 176 Å². The summed E-state index contributed by atoms with van der Waals surface area (Å²) in [5.41, 5.74) is 0.471. The average molecular weight is 434 g/mol. The number of carboxylic acids is 1. The molecular weight excluding hydrogens is 412 g/mol. The minimum atomic E-state index is -1.68. The van der Waals surface area contributed by atoms with Gasteiger partial charge >= 0.3 is 11.9 Å². The maximum atomic E-state index is 12.1. The Bertz CT molecular complexity index is 996. The Balaban J connectivity index is 2.23. The number of aliphatic hydroxyl groups is 2. The van der Waals surface area contributed by atoms with Gasteiger partial charge in [-0.2, -0.15) is 0 Å². The monoisotopic (exact) mass is 434 g/mol. The van der Waals surface area contributed by atoms with Crippen LogP contribution >= 0.6 is 0 Å². The van der Waals surface area contributed by atoms with E-state index in [4.69, 9.17) is 9.84 Å². The Morgan fingerprint density at radius 1 is 0.968 bits per heavy atom. The predicted molar refractivity (Wildman–Crippen MR) is 107 cm³/mol.